The van der Waals surface area contributed by atoms with E-state index >= 15 is 0 Å². The molecule has 15 heavy (non-hydrogen) atoms. The van der Waals surface area contributed by atoms with Crippen LogP contribution in [0.5, 0.6) is 5.75 Å². The summed E-state index contributed by atoms with van der Waals surface area (Å²) in [7, 11) is 0. The highest BCUT2D eigenvalue weighted by Gasteiger charge is 1.92. The van der Waals surface area contributed by atoms with Crippen molar-refractivity contribution in [2.75, 3.05) is 6.61 Å². The van der Waals surface area contributed by atoms with E-state index in [2.05, 4.69) is 5.16 Å². The van der Waals surface area contributed by atoms with Gasteiger partial charge in [0.25, 0.3) is 0 Å². The smallest absolute Gasteiger partial charge is 0.119 e. The van der Waals surface area contributed by atoms with Crippen molar-refractivity contribution >= 4 is 6.21 Å². The molecule has 0 aliphatic carbocycles. The van der Waals surface area contributed by atoms with Crippen molar-refractivity contribution in [1.82, 2.24) is 0 Å². The zero-order valence-electron chi connectivity index (χ0n) is 8.97. The minimum Gasteiger partial charge on any atom is -0.490 e. The van der Waals surface area contributed by atoms with Gasteiger partial charge in [-0.2, -0.15) is 0 Å². The van der Waals surface area contributed by atoms with E-state index < -0.39 is 0 Å². The Balaban J connectivity index is 2.53. The van der Waals surface area contributed by atoms with Gasteiger partial charge in [-0.05, 0) is 49.8 Å². The number of rotatable bonds is 4. The van der Waals surface area contributed by atoms with Crippen LogP contribution in [0, 0.1) is 0 Å². The second-order valence-electron chi connectivity index (χ2n) is 3.41. The summed E-state index contributed by atoms with van der Waals surface area (Å²) in [6, 6.07) is 7.35. The third kappa shape index (κ3) is 4.31. The Labute approximate surface area is 89.7 Å². The summed E-state index contributed by atoms with van der Waals surface area (Å²) in [5.41, 5.74) is 2.08. The molecule has 3 nitrogen and oxygen atoms in total. The zero-order chi connectivity index (χ0) is 11.1. The van der Waals surface area contributed by atoms with Crippen LogP contribution in [0.2, 0.25) is 0 Å². The van der Waals surface area contributed by atoms with Crippen molar-refractivity contribution in [1.29, 1.82) is 0 Å². The molecule has 1 N–H and O–H groups in total. The van der Waals surface area contributed by atoms with Gasteiger partial charge in [-0.15, -0.1) is 0 Å². The van der Waals surface area contributed by atoms with Gasteiger partial charge in [0, 0.05) is 0 Å². The number of oxime groups is 1. The molecule has 0 saturated carbocycles. The fourth-order valence-electron chi connectivity index (χ4n) is 1.02. The Morgan fingerprint density at radius 2 is 2.00 bits per heavy atom. The quantitative estimate of drug-likeness (QED) is 0.355. The van der Waals surface area contributed by atoms with Crippen molar-refractivity contribution in [3.8, 4) is 5.75 Å². The average Bonchev–Trinajstić information content (AvgIpc) is 2.20. The fourth-order valence-corrected chi connectivity index (χ4v) is 1.02. The molecular weight excluding hydrogens is 190 g/mol. The molecule has 0 atom stereocenters. The monoisotopic (exact) mass is 205 g/mol. The molecule has 1 aromatic rings. The first-order chi connectivity index (χ1) is 7.22. The first-order valence-corrected chi connectivity index (χ1v) is 4.76. The molecule has 0 fully saturated rings. The van der Waals surface area contributed by atoms with E-state index in [-0.39, 0.29) is 0 Å². The molecule has 1 rings (SSSR count). The summed E-state index contributed by atoms with van der Waals surface area (Å²) in [6.07, 6.45) is 3.39. The van der Waals surface area contributed by atoms with E-state index in [1.54, 1.807) is 0 Å². The number of hydrogen-bond donors (Lipinski definition) is 1. The van der Waals surface area contributed by atoms with Crippen molar-refractivity contribution < 1.29 is 9.94 Å². The van der Waals surface area contributed by atoms with Crippen LogP contribution in [0.4, 0.5) is 0 Å². The van der Waals surface area contributed by atoms with Gasteiger partial charge in [0.2, 0.25) is 0 Å². The molecule has 0 aliphatic rings. The lowest BCUT2D eigenvalue weighted by atomic mass is 10.2. The molecule has 0 saturated heterocycles. The minimum absolute atomic E-state index is 0.579. The van der Waals surface area contributed by atoms with Gasteiger partial charge in [0.05, 0.1) is 6.21 Å². The summed E-state index contributed by atoms with van der Waals surface area (Å²) in [4.78, 5) is 0. The van der Waals surface area contributed by atoms with Crippen LogP contribution < -0.4 is 4.74 Å². The SMILES string of the molecule is CC(C)=CCOc1ccc(C=NO)cc1. The van der Waals surface area contributed by atoms with Crippen molar-refractivity contribution in [3.05, 3.63) is 41.5 Å². The third-order valence-corrected chi connectivity index (χ3v) is 1.83. The number of ether oxygens (including phenoxy) is 1. The van der Waals surface area contributed by atoms with Crippen LogP contribution >= 0.6 is 0 Å². The van der Waals surface area contributed by atoms with Gasteiger partial charge in [0.15, 0.2) is 0 Å². The third-order valence-electron chi connectivity index (χ3n) is 1.83. The van der Waals surface area contributed by atoms with E-state index in [0.717, 1.165) is 11.3 Å². The Morgan fingerprint density at radius 3 is 2.53 bits per heavy atom. The molecule has 0 radical (unpaired) electrons. The van der Waals surface area contributed by atoms with E-state index in [1.807, 2.05) is 44.2 Å². The maximum atomic E-state index is 8.32. The van der Waals surface area contributed by atoms with Crippen LogP contribution in [0.15, 0.2) is 41.1 Å². The van der Waals surface area contributed by atoms with Crippen LogP contribution in [0.1, 0.15) is 19.4 Å². The Bertz CT molecular complexity index is 348. The van der Waals surface area contributed by atoms with Gasteiger partial charge < -0.3 is 9.94 Å². The number of benzene rings is 1. The van der Waals surface area contributed by atoms with Gasteiger partial charge in [-0.1, -0.05) is 10.7 Å². The van der Waals surface area contributed by atoms with Gasteiger partial charge in [-0.25, -0.2) is 0 Å². The topological polar surface area (TPSA) is 41.8 Å². The molecule has 0 bridgehead atoms. The highest BCUT2D eigenvalue weighted by Crippen LogP contribution is 2.11. The van der Waals surface area contributed by atoms with Gasteiger partial charge in [-0.3, -0.25) is 0 Å². The summed E-state index contributed by atoms with van der Waals surface area (Å²) in [5, 5.41) is 11.3. The van der Waals surface area contributed by atoms with Crippen molar-refractivity contribution in [3.63, 3.8) is 0 Å². The predicted octanol–water partition coefficient (Wildman–Crippen LogP) is 2.84. The molecule has 0 amide bonds. The lowest BCUT2D eigenvalue weighted by Crippen LogP contribution is -1.94. The van der Waals surface area contributed by atoms with Crippen LogP contribution in [0.25, 0.3) is 0 Å². The predicted molar refractivity (Wildman–Crippen MR) is 60.7 cm³/mol. The molecule has 0 unspecified atom stereocenters. The van der Waals surface area contributed by atoms with E-state index in [9.17, 15) is 0 Å². The molecule has 3 heteroatoms. The molecule has 80 valence electrons. The summed E-state index contributed by atoms with van der Waals surface area (Å²) < 4.78 is 5.47. The maximum absolute atomic E-state index is 8.32. The molecule has 0 aromatic heterocycles. The van der Waals surface area contributed by atoms with Crippen molar-refractivity contribution in [2.24, 2.45) is 5.16 Å². The first kappa shape index (κ1) is 11.3. The van der Waals surface area contributed by atoms with E-state index in [4.69, 9.17) is 9.94 Å². The summed E-state index contributed by atoms with van der Waals surface area (Å²) in [6.45, 7) is 4.64. The molecule has 0 heterocycles. The summed E-state index contributed by atoms with van der Waals surface area (Å²) >= 11 is 0. The van der Waals surface area contributed by atoms with Gasteiger partial charge in [0.1, 0.15) is 12.4 Å². The highest BCUT2D eigenvalue weighted by atomic mass is 16.5. The largest absolute Gasteiger partial charge is 0.490 e. The Hall–Kier alpha value is -1.77. The number of nitrogens with zero attached hydrogens (tertiary/aromatic N) is 1. The van der Waals surface area contributed by atoms with Crippen LogP contribution in [-0.2, 0) is 0 Å². The number of allylic oxidation sites excluding steroid dienone is 1. The van der Waals surface area contributed by atoms with Crippen LogP contribution in [-0.4, -0.2) is 18.0 Å². The van der Waals surface area contributed by atoms with Crippen molar-refractivity contribution in [2.45, 2.75) is 13.8 Å². The number of hydrogen-bond acceptors (Lipinski definition) is 3. The van der Waals surface area contributed by atoms with E-state index in [1.165, 1.54) is 11.8 Å². The minimum atomic E-state index is 0.579. The lowest BCUT2D eigenvalue weighted by Gasteiger charge is -2.03. The molecule has 1 aromatic carbocycles. The normalized spacial score (nSPS) is 10.3. The van der Waals surface area contributed by atoms with Gasteiger partial charge >= 0.3 is 0 Å². The summed E-state index contributed by atoms with van der Waals surface area (Å²) in [5.74, 6) is 0.808. The zero-order valence-corrected chi connectivity index (χ0v) is 8.97. The molecular formula is C12H15NO2. The Morgan fingerprint density at radius 1 is 1.33 bits per heavy atom. The Kier molecular flexibility index (Phi) is 4.41. The first-order valence-electron chi connectivity index (χ1n) is 4.76. The maximum Gasteiger partial charge on any atom is 0.119 e. The molecule has 0 spiro atoms. The fraction of sp³-hybridized carbons (Fsp3) is 0.250. The van der Waals surface area contributed by atoms with Crippen LogP contribution in [0.3, 0.4) is 0 Å². The lowest BCUT2D eigenvalue weighted by molar-refractivity contribution is 0.322. The second kappa shape index (κ2) is 5.86. The standard InChI is InChI=1S/C12H15NO2/c1-10(2)7-8-15-12-5-3-11(4-6-12)9-13-14/h3-7,9,14H,8H2,1-2H3. The molecule has 0 aliphatic heterocycles. The highest BCUT2D eigenvalue weighted by molar-refractivity contribution is 5.79. The van der Waals surface area contributed by atoms with E-state index in [0.29, 0.717) is 6.61 Å². The average molecular weight is 205 g/mol. The second-order valence-corrected chi connectivity index (χ2v) is 3.41.